The molecule has 0 aliphatic carbocycles. The van der Waals surface area contributed by atoms with Crippen molar-refractivity contribution in [1.29, 1.82) is 0 Å². The van der Waals surface area contributed by atoms with Crippen molar-refractivity contribution in [2.45, 2.75) is 13.3 Å². The van der Waals surface area contributed by atoms with Gasteiger partial charge in [0.25, 0.3) is 11.6 Å². The second-order valence-corrected chi connectivity index (χ2v) is 5.32. The number of anilines is 2. The molecular weight excluding hydrogens is 294 g/mol. The van der Waals surface area contributed by atoms with E-state index in [0.29, 0.717) is 5.69 Å². The predicted octanol–water partition coefficient (Wildman–Crippen LogP) is 3.48. The van der Waals surface area contributed by atoms with Gasteiger partial charge in [0, 0.05) is 37.6 Å². The first kappa shape index (κ1) is 16.5. The molecule has 2 aromatic carbocycles. The summed E-state index contributed by atoms with van der Waals surface area (Å²) in [6.07, 6.45) is 0.784. The third-order valence-corrected chi connectivity index (χ3v) is 3.56. The molecule has 0 bridgehead atoms. The molecule has 1 N–H and O–H groups in total. The molecule has 0 radical (unpaired) electrons. The Morgan fingerprint density at radius 3 is 2.52 bits per heavy atom. The van der Waals surface area contributed by atoms with Gasteiger partial charge in [-0.25, -0.2) is 0 Å². The molecule has 0 aromatic heterocycles. The van der Waals surface area contributed by atoms with Gasteiger partial charge in [-0.15, -0.1) is 0 Å². The summed E-state index contributed by atoms with van der Waals surface area (Å²) < 4.78 is 0. The van der Waals surface area contributed by atoms with Gasteiger partial charge in [-0.3, -0.25) is 14.9 Å². The number of nitro benzene ring substituents is 1. The van der Waals surface area contributed by atoms with Crippen molar-refractivity contribution in [3.05, 3.63) is 63.7 Å². The molecular formula is C17H19N3O3. The first-order valence-corrected chi connectivity index (χ1v) is 7.29. The summed E-state index contributed by atoms with van der Waals surface area (Å²) in [4.78, 5) is 24.8. The van der Waals surface area contributed by atoms with Gasteiger partial charge in [0.2, 0.25) is 0 Å². The van der Waals surface area contributed by atoms with Gasteiger partial charge in [0.05, 0.1) is 10.5 Å². The van der Waals surface area contributed by atoms with E-state index in [-0.39, 0.29) is 17.2 Å². The Hall–Kier alpha value is -2.89. The first-order chi connectivity index (χ1) is 10.9. The largest absolute Gasteiger partial charge is 0.377 e. The van der Waals surface area contributed by atoms with Crippen molar-refractivity contribution in [2.75, 3.05) is 24.3 Å². The summed E-state index contributed by atoms with van der Waals surface area (Å²) in [5, 5.41) is 13.8. The lowest BCUT2D eigenvalue weighted by Crippen LogP contribution is -2.19. The summed E-state index contributed by atoms with van der Waals surface area (Å²) >= 11 is 0. The normalized spacial score (nSPS) is 10.2. The van der Waals surface area contributed by atoms with Crippen LogP contribution in [0.2, 0.25) is 0 Å². The van der Waals surface area contributed by atoms with Crippen molar-refractivity contribution in [3.8, 4) is 0 Å². The summed E-state index contributed by atoms with van der Waals surface area (Å²) in [7, 11) is 3.58. The number of aryl methyl sites for hydroxylation is 1. The molecule has 1 amide bonds. The predicted molar refractivity (Wildman–Crippen MR) is 91.2 cm³/mol. The van der Waals surface area contributed by atoms with E-state index in [1.165, 1.54) is 12.1 Å². The van der Waals surface area contributed by atoms with Crippen molar-refractivity contribution < 1.29 is 9.72 Å². The van der Waals surface area contributed by atoms with Crippen molar-refractivity contribution in [1.82, 2.24) is 0 Å². The smallest absolute Gasteiger partial charge is 0.270 e. The molecule has 0 atom stereocenters. The number of benzene rings is 2. The van der Waals surface area contributed by atoms with E-state index in [2.05, 4.69) is 5.32 Å². The van der Waals surface area contributed by atoms with Gasteiger partial charge < -0.3 is 10.2 Å². The van der Waals surface area contributed by atoms with Crippen LogP contribution in [0.3, 0.4) is 0 Å². The average Bonchev–Trinajstić information content (AvgIpc) is 2.54. The number of nitrogens with zero attached hydrogens (tertiary/aromatic N) is 2. The molecule has 6 nitrogen and oxygen atoms in total. The Labute approximate surface area is 134 Å². The Balaban J connectivity index is 2.41. The number of amides is 1. The van der Waals surface area contributed by atoms with E-state index in [1.807, 2.05) is 31.2 Å². The molecule has 6 heteroatoms. The van der Waals surface area contributed by atoms with Crippen LogP contribution >= 0.6 is 0 Å². The summed E-state index contributed by atoms with van der Waals surface area (Å²) in [6, 6.07) is 11.8. The molecule has 0 spiro atoms. The van der Waals surface area contributed by atoms with Crippen LogP contribution in [0.4, 0.5) is 17.1 Å². The van der Waals surface area contributed by atoms with Crippen LogP contribution in [-0.2, 0) is 6.42 Å². The molecule has 0 heterocycles. The third kappa shape index (κ3) is 3.66. The van der Waals surface area contributed by atoms with Gasteiger partial charge in [-0.05, 0) is 24.1 Å². The zero-order valence-electron chi connectivity index (χ0n) is 13.4. The zero-order valence-corrected chi connectivity index (χ0v) is 13.4. The third-order valence-electron chi connectivity index (χ3n) is 3.56. The van der Waals surface area contributed by atoms with Gasteiger partial charge in [-0.1, -0.05) is 25.1 Å². The Morgan fingerprint density at radius 2 is 1.91 bits per heavy atom. The van der Waals surface area contributed by atoms with E-state index < -0.39 is 4.92 Å². The average molecular weight is 313 g/mol. The number of hydrogen-bond acceptors (Lipinski definition) is 4. The van der Waals surface area contributed by atoms with E-state index >= 15 is 0 Å². The number of carbonyl (C=O) groups is 1. The highest BCUT2D eigenvalue weighted by Gasteiger charge is 2.18. The van der Waals surface area contributed by atoms with Crippen LogP contribution < -0.4 is 10.2 Å². The lowest BCUT2D eigenvalue weighted by atomic mass is 10.1. The molecule has 0 saturated carbocycles. The molecule has 120 valence electrons. The molecule has 23 heavy (non-hydrogen) atoms. The molecule has 0 aliphatic rings. The van der Waals surface area contributed by atoms with Crippen LogP contribution in [0.5, 0.6) is 0 Å². The van der Waals surface area contributed by atoms with Crippen molar-refractivity contribution >= 4 is 23.0 Å². The number of non-ortho nitro benzene ring substituents is 1. The summed E-state index contributed by atoms with van der Waals surface area (Å²) in [5.41, 5.74) is 2.52. The monoisotopic (exact) mass is 313 g/mol. The topological polar surface area (TPSA) is 75.5 Å². The number of nitrogens with one attached hydrogen (secondary N) is 1. The van der Waals surface area contributed by atoms with Crippen LogP contribution in [0.15, 0.2) is 42.5 Å². The van der Waals surface area contributed by atoms with Crippen LogP contribution in [0, 0.1) is 10.1 Å². The Kier molecular flexibility index (Phi) is 4.95. The number of carbonyl (C=O) groups excluding carboxylic acids is 1. The van der Waals surface area contributed by atoms with E-state index in [0.717, 1.165) is 17.7 Å². The quantitative estimate of drug-likeness (QED) is 0.677. The van der Waals surface area contributed by atoms with E-state index in [1.54, 1.807) is 25.1 Å². The zero-order chi connectivity index (χ0) is 17.0. The summed E-state index contributed by atoms with van der Waals surface area (Å²) in [5.74, 6) is -0.363. The van der Waals surface area contributed by atoms with Crippen LogP contribution in [-0.4, -0.2) is 24.9 Å². The van der Waals surface area contributed by atoms with Gasteiger partial charge in [0.15, 0.2) is 0 Å². The Morgan fingerprint density at radius 1 is 1.22 bits per heavy atom. The summed E-state index contributed by atoms with van der Waals surface area (Å²) in [6.45, 7) is 2.00. The highest BCUT2D eigenvalue weighted by molar-refractivity contribution is 6.08. The Bertz CT molecular complexity index is 742. The molecule has 0 saturated heterocycles. The van der Waals surface area contributed by atoms with Crippen molar-refractivity contribution in [2.24, 2.45) is 0 Å². The maximum atomic E-state index is 12.6. The number of rotatable bonds is 5. The lowest BCUT2D eigenvalue weighted by molar-refractivity contribution is -0.384. The van der Waals surface area contributed by atoms with E-state index in [4.69, 9.17) is 0 Å². The van der Waals surface area contributed by atoms with Crippen LogP contribution in [0.25, 0.3) is 0 Å². The lowest BCUT2D eigenvalue weighted by Gasteiger charge is -2.17. The van der Waals surface area contributed by atoms with Gasteiger partial charge >= 0.3 is 0 Å². The first-order valence-electron chi connectivity index (χ1n) is 7.29. The van der Waals surface area contributed by atoms with Gasteiger partial charge in [0.1, 0.15) is 0 Å². The number of hydrogen-bond donors (Lipinski definition) is 1. The maximum Gasteiger partial charge on any atom is 0.270 e. The fourth-order valence-corrected chi connectivity index (χ4v) is 2.35. The fraction of sp³-hybridized carbons (Fsp3) is 0.235. The highest BCUT2D eigenvalue weighted by atomic mass is 16.6. The highest BCUT2D eigenvalue weighted by Crippen LogP contribution is 2.26. The SMILES string of the molecule is CCc1ccccc1NC(=O)c1cc([N+](=O)[O-])ccc1N(C)C. The number of nitro groups is 1. The fourth-order valence-electron chi connectivity index (χ4n) is 2.35. The second-order valence-electron chi connectivity index (χ2n) is 5.32. The number of para-hydroxylation sites is 1. The van der Waals surface area contributed by atoms with Gasteiger partial charge in [-0.2, -0.15) is 0 Å². The molecule has 0 fully saturated rings. The standard InChI is InChI=1S/C17H19N3O3/c1-4-12-7-5-6-8-15(12)18-17(21)14-11-13(20(22)23)9-10-16(14)19(2)3/h5-11H,4H2,1-3H3,(H,18,21). The minimum absolute atomic E-state index is 0.107. The minimum atomic E-state index is -0.504. The minimum Gasteiger partial charge on any atom is -0.377 e. The van der Waals surface area contributed by atoms with Crippen molar-refractivity contribution in [3.63, 3.8) is 0 Å². The molecule has 0 aliphatic heterocycles. The molecule has 2 rings (SSSR count). The molecule has 2 aromatic rings. The van der Waals surface area contributed by atoms with E-state index in [9.17, 15) is 14.9 Å². The second kappa shape index (κ2) is 6.91. The molecule has 0 unspecified atom stereocenters. The maximum absolute atomic E-state index is 12.6. The van der Waals surface area contributed by atoms with Crippen LogP contribution in [0.1, 0.15) is 22.8 Å².